The Morgan fingerprint density at radius 1 is 1.44 bits per heavy atom. The first-order chi connectivity index (χ1) is 7.40. The van der Waals surface area contributed by atoms with Crippen LogP contribution in [0, 0.1) is 5.92 Å². The van der Waals surface area contributed by atoms with Crippen molar-refractivity contribution in [3.05, 3.63) is 0 Å². The number of carboxylic acids is 1. The average molecular weight is 229 g/mol. The topological polar surface area (TPSA) is 94.9 Å². The average Bonchev–Trinajstić information content (AvgIpc) is 2.09. The highest BCUT2D eigenvalue weighted by Gasteiger charge is 2.31. The molecule has 0 aromatic heterocycles. The lowest BCUT2D eigenvalue weighted by atomic mass is 9.97. The number of piperidine rings is 1. The summed E-state index contributed by atoms with van der Waals surface area (Å²) in [6.45, 7) is 1.58. The van der Waals surface area contributed by atoms with E-state index in [-0.39, 0.29) is 37.1 Å². The monoisotopic (exact) mass is 229 g/mol. The number of carboxylic acid groups (broad SMARTS) is 1. The van der Waals surface area contributed by atoms with E-state index in [0.29, 0.717) is 0 Å². The van der Waals surface area contributed by atoms with Crippen molar-refractivity contribution in [2.45, 2.75) is 32.3 Å². The third-order valence-electron chi connectivity index (χ3n) is 2.45. The van der Waals surface area contributed by atoms with Gasteiger partial charge in [-0.05, 0) is 5.92 Å². The smallest absolute Gasteiger partial charge is 0.306 e. The van der Waals surface area contributed by atoms with Crippen LogP contribution in [0.5, 0.6) is 0 Å². The van der Waals surface area contributed by atoms with Gasteiger partial charge in [0, 0.05) is 12.8 Å². The summed E-state index contributed by atoms with van der Waals surface area (Å²) in [6.07, 6.45) is -1.12. The van der Waals surface area contributed by atoms with Gasteiger partial charge in [-0.3, -0.25) is 19.3 Å². The van der Waals surface area contributed by atoms with Gasteiger partial charge in [0.25, 0.3) is 0 Å². The predicted octanol–water partition coefficient (Wildman–Crippen LogP) is -0.393. The minimum absolute atomic E-state index is 0.0212. The number of imide groups is 1. The number of hydrogen-bond acceptors (Lipinski definition) is 4. The van der Waals surface area contributed by atoms with Crippen LogP contribution in [0.2, 0.25) is 0 Å². The van der Waals surface area contributed by atoms with Crippen LogP contribution in [0.25, 0.3) is 0 Å². The van der Waals surface area contributed by atoms with E-state index in [9.17, 15) is 19.5 Å². The highest BCUT2D eigenvalue weighted by Crippen LogP contribution is 2.19. The van der Waals surface area contributed by atoms with Gasteiger partial charge in [-0.15, -0.1) is 0 Å². The van der Waals surface area contributed by atoms with Crippen molar-refractivity contribution in [3.63, 3.8) is 0 Å². The highest BCUT2D eigenvalue weighted by molar-refractivity contribution is 5.97. The molecule has 90 valence electrons. The van der Waals surface area contributed by atoms with E-state index in [4.69, 9.17) is 5.11 Å². The molecule has 1 rings (SSSR count). The fourth-order valence-electron chi connectivity index (χ4n) is 1.71. The minimum atomic E-state index is -1.20. The van der Waals surface area contributed by atoms with Crippen molar-refractivity contribution < 1.29 is 24.6 Å². The molecule has 6 heteroatoms. The first kappa shape index (κ1) is 12.6. The zero-order chi connectivity index (χ0) is 12.3. The Morgan fingerprint density at radius 3 is 2.38 bits per heavy atom. The van der Waals surface area contributed by atoms with E-state index in [1.807, 2.05) is 0 Å². The summed E-state index contributed by atoms with van der Waals surface area (Å²) >= 11 is 0. The number of aliphatic hydroxyl groups is 1. The van der Waals surface area contributed by atoms with Gasteiger partial charge >= 0.3 is 5.97 Å². The second kappa shape index (κ2) is 5.07. The second-order valence-corrected chi connectivity index (χ2v) is 4.16. The van der Waals surface area contributed by atoms with Crippen molar-refractivity contribution in [1.82, 2.24) is 4.90 Å². The molecule has 2 N–H and O–H groups in total. The van der Waals surface area contributed by atoms with Gasteiger partial charge in [0.2, 0.25) is 11.8 Å². The molecule has 0 saturated carbocycles. The fourth-order valence-corrected chi connectivity index (χ4v) is 1.71. The van der Waals surface area contributed by atoms with E-state index in [1.165, 1.54) is 0 Å². The molecule has 0 bridgehead atoms. The predicted molar refractivity (Wildman–Crippen MR) is 53.4 cm³/mol. The number of aliphatic carboxylic acids is 1. The summed E-state index contributed by atoms with van der Waals surface area (Å²) in [5, 5.41) is 17.8. The van der Waals surface area contributed by atoms with Crippen LogP contribution in [0.3, 0.4) is 0 Å². The summed E-state index contributed by atoms with van der Waals surface area (Å²) in [7, 11) is 0. The first-order valence-corrected chi connectivity index (χ1v) is 5.13. The number of likely N-dealkylation sites (tertiary alicyclic amines) is 1. The molecule has 0 aromatic carbocycles. The van der Waals surface area contributed by atoms with Gasteiger partial charge in [-0.2, -0.15) is 0 Å². The number of β-amino-alcohol motifs (C(OH)–C–C–N with tert-alkyl or cyclic N) is 1. The molecule has 1 heterocycles. The standard InChI is InChI=1S/C10H15NO5/c1-6-2-8(13)11(9(14)3-6)5-7(12)4-10(15)16/h6-7,12H,2-5H2,1H3,(H,15,16). The van der Waals surface area contributed by atoms with E-state index >= 15 is 0 Å². The number of hydrogen-bond donors (Lipinski definition) is 2. The summed E-state index contributed by atoms with van der Waals surface area (Å²) in [4.78, 5) is 34.2. The Kier molecular flexibility index (Phi) is 4.00. The minimum Gasteiger partial charge on any atom is -0.481 e. The van der Waals surface area contributed by atoms with Crippen LogP contribution < -0.4 is 0 Å². The Morgan fingerprint density at radius 2 is 1.94 bits per heavy atom. The molecule has 1 fully saturated rings. The van der Waals surface area contributed by atoms with Crippen molar-refractivity contribution in [2.24, 2.45) is 5.92 Å². The second-order valence-electron chi connectivity index (χ2n) is 4.16. The molecule has 1 aliphatic heterocycles. The van der Waals surface area contributed by atoms with E-state index in [1.54, 1.807) is 6.92 Å². The first-order valence-electron chi connectivity index (χ1n) is 5.13. The van der Waals surface area contributed by atoms with Gasteiger partial charge < -0.3 is 10.2 Å². The normalized spacial score (nSPS) is 20.0. The van der Waals surface area contributed by atoms with Crippen molar-refractivity contribution >= 4 is 17.8 Å². The summed E-state index contributed by atoms with van der Waals surface area (Å²) in [6, 6.07) is 0. The molecule has 0 spiro atoms. The van der Waals surface area contributed by atoms with Crippen molar-refractivity contribution in [2.75, 3.05) is 6.54 Å². The molecule has 0 aliphatic carbocycles. The summed E-state index contributed by atoms with van der Waals surface area (Å²) in [5.74, 6) is -1.81. The zero-order valence-electron chi connectivity index (χ0n) is 9.05. The molecular formula is C10H15NO5. The third-order valence-corrected chi connectivity index (χ3v) is 2.45. The Bertz CT molecular complexity index is 296. The largest absolute Gasteiger partial charge is 0.481 e. The van der Waals surface area contributed by atoms with E-state index in [2.05, 4.69) is 0 Å². The molecule has 1 saturated heterocycles. The molecule has 0 radical (unpaired) electrons. The molecule has 6 nitrogen and oxygen atoms in total. The molecular weight excluding hydrogens is 214 g/mol. The third kappa shape index (κ3) is 3.30. The molecule has 2 amide bonds. The van der Waals surface area contributed by atoms with Gasteiger partial charge in [0.15, 0.2) is 0 Å². The Balaban J connectivity index is 2.55. The summed E-state index contributed by atoms with van der Waals surface area (Å²) < 4.78 is 0. The number of aliphatic hydroxyl groups excluding tert-OH is 1. The maximum absolute atomic E-state index is 11.5. The molecule has 1 aliphatic rings. The number of rotatable bonds is 4. The lowest BCUT2D eigenvalue weighted by Crippen LogP contribution is -2.46. The van der Waals surface area contributed by atoms with Gasteiger partial charge in [0.05, 0.1) is 19.1 Å². The van der Waals surface area contributed by atoms with Crippen LogP contribution in [0.4, 0.5) is 0 Å². The lowest BCUT2D eigenvalue weighted by molar-refractivity contribution is -0.153. The lowest BCUT2D eigenvalue weighted by Gasteiger charge is -2.29. The Labute approximate surface area is 92.9 Å². The van der Waals surface area contributed by atoms with Gasteiger partial charge in [0.1, 0.15) is 0 Å². The number of carbonyl (C=O) groups is 3. The maximum Gasteiger partial charge on any atom is 0.306 e. The summed E-state index contributed by atoms with van der Waals surface area (Å²) in [5.41, 5.74) is 0. The number of nitrogens with zero attached hydrogens (tertiary/aromatic N) is 1. The zero-order valence-corrected chi connectivity index (χ0v) is 9.05. The molecule has 16 heavy (non-hydrogen) atoms. The van der Waals surface area contributed by atoms with E-state index < -0.39 is 18.5 Å². The van der Waals surface area contributed by atoms with Gasteiger partial charge in [-0.25, -0.2) is 0 Å². The van der Waals surface area contributed by atoms with Crippen LogP contribution in [-0.4, -0.2) is 45.5 Å². The van der Waals surface area contributed by atoms with Crippen molar-refractivity contribution in [1.29, 1.82) is 0 Å². The number of amides is 2. The molecule has 1 unspecified atom stereocenters. The molecule has 0 aromatic rings. The van der Waals surface area contributed by atoms with Crippen LogP contribution >= 0.6 is 0 Å². The fraction of sp³-hybridized carbons (Fsp3) is 0.700. The van der Waals surface area contributed by atoms with Crippen LogP contribution in [-0.2, 0) is 14.4 Å². The highest BCUT2D eigenvalue weighted by atomic mass is 16.4. The number of carbonyl (C=O) groups excluding carboxylic acids is 2. The van der Waals surface area contributed by atoms with E-state index in [0.717, 1.165) is 4.90 Å². The molecule has 1 atom stereocenters. The SMILES string of the molecule is CC1CC(=O)N(CC(O)CC(=O)O)C(=O)C1. The van der Waals surface area contributed by atoms with Crippen LogP contribution in [0.15, 0.2) is 0 Å². The maximum atomic E-state index is 11.5. The van der Waals surface area contributed by atoms with Crippen molar-refractivity contribution in [3.8, 4) is 0 Å². The van der Waals surface area contributed by atoms with Crippen LogP contribution in [0.1, 0.15) is 26.2 Å². The quantitative estimate of drug-likeness (QED) is 0.640. The van der Waals surface area contributed by atoms with Gasteiger partial charge in [-0.1, -0.05) is 6.92 Å². The Hall–Kier alpha value is -1.43.